The minimum Gasteiger partial charge on any atom is -0.449 e. The third kappa shape index (κ3) is 8.03. The van der Waals surface area contributed by atoms with Crippen molar-refractivity contribution in [2.45, 2.75) is 51.9 Å². The molecule has 0 saturated heterocycles. The van der Waals surface area contributed by atoms with Gasteiger partial charge in [-0.25, -0.2) is 4.79 Å². The number of carbonyl (C=O) groups excluding carboxylic acids is 3. The van der Waals surface area contributed by atoms with Gasteiger partial charge >= 0.3 is 6.09 Å². The lowest BCUT2D eigenvalue weighted by Gasteiger charge is -2.30. The summed E-state index contributed by atoms with van der Waals surface area (Å²) >= 11 is 0. The number of rotatable bonds is 14. The summed E-state index contributed by atoms with van der Waals surface area (Å²) in [7, 11) is 3.05. The van der Waals surface area contributed by atoms with E-state index in [-0.39, 0.29) is 49.8 Å². The Kier molecular flexibility index (Phi) is 11.3. The summed E-state index contributed by atoms with van der Waals surface area (Å²) in [6, 6.07) is 15.5. The molecule has 212 valence electrons. The fourth-order valence-corrected chi connectivity index (χ4v) is 4.76. The highest BCUT2D eigenvalue weighted by Gasteiger charge is 2.29. The Hall–Kier alpha value is -3.43. The van der Waals surface area contributed by atoms with Crippen LogP contribution in [-0.4, -0.2) is 75.6 Å². The second-order valence-electron chi connectivity index (χ2n) is 9.95. The van der Waals surface area contributed by atoms with Crippen LogP contribution >= 0.6 is 0 Å². The van der Waals surface area contributed by atoms with Gasteiger partial charge in [-0.15, -0.1) is 0 Å². The summed E-state index contributed by atoms with van der Waals surface area (Å²) in [6.07, 6.45) is -0.205. The Morgan fingerprint density at radius 3 is 2.08 bits per heavy atom. The topological polar surface area (TPSA) is 106 Å². The van der Waals surface area contributed by atoms with E-state index in [4.69, 9.17) is 14.2 Å². The number of benzene rings is 2. The maximum absolute atomic E-state index is 13.1. The van der Waals surface area contributed by atoms with Gasteiger partial charge in [-0.05, 0) is 35.1 Å². The Morgan fingerprint density at radius 2 is 1.51 bits per heavy atom. The van der Waals surface area contributed by atoms with Crippen molar-refractivity contribution in [3.8, 4) is 11.1 Å². The molecule has 3 amide bonds. The molecule has 0 saturated carbocycles. The minimum absolute atomic E-state index is 0.0198. The lowest BCUT2D eigenvalue weighted by molar-refractivity contribution is -0.148. The highest BCUT2D eigenvalue weighted by molar-refractivity contribution is 5.87. The van der Waals surface area contributed by atoms with E-state index in [0.29, 0.717) is 6.54 Å². The molecule has 0 radical (unpaired) electrons. The van der Waals surface area contributed by atoms with Crippen LogP contribution in [0.3, 0.4) is 0 Å². The third-order valence-corrected chi connectivity index (χ3v) is 7.15. The number of nitrogens with one attached hydrogen (secondary N) is 2. The summed E-state index contributed by atoms with van der Waals surface area (Å²) < 4.78 is 16.0. The molecule has 2 aromatic rings. The fourth-order valence-electron chi connectivity index (χ4n) is 4.76. The van der Waals surface area contributed by atoms with Gasteiger partial charge in [0.1, 0.15) is 12.6 Å². The van der Waals surface area contributed by atoms with Gasteiger partial charge in [0.05, 0.1) is 6.54 Å². The average Bonchev–Trinajstić information content (AvgIpc) is 3.27. The number of hydrogen-bond acceptors (Lipinski definition) is 6. The lowest BCUT2D eigenvalue weighted by Crippen LogP contribution is -2.50. The van der Waals surface area contributed by atoms with E-state index in [1.165, 1.54) is 14.2 Å². The average molecular weight is 540 g/mol. The molecule has 0 spiro atoms. The highest BCUT2D eigenvalue weighted by atomic mass is 16.7. The standard InChI is InChI=1S/C30H41N3O6/c1-6-20(2)17-33(18-28(37-4)38-5)29(35)21(3)32-27(34)15-16-31-30(36)39-19-26-24-13-9-7-11-22(24)23-12-8-10-14-25(23)26/h7-14,20-21,26,28H,6,15-19H2,1-5H3,(H,31,36)(H,32,34)/t20?,21-/m0/s1. The number of nitrogens with zero attached hydrogens (tertiary/aromatic N) is 1. The van der Waals surface area contributed by atoms with Crippen LogP contribution < -0.4 is 10.6 Å². The van der Waals surface area contributed by atoms with Crippen molar-refractivity contribution in [1.82, 2.24) is 15.5 Å². The predicted molar refractivity (Wildman–Crippen MR) is 149 cm³/mol. The van der Waals surface area contributed by atoms with Gasteiger partial charge < -0.3 is 29.7 Å². The van der Waals surface area contributed by atoms with Gasteiger partial charge in [0, 0.05) is 39.6 Å². The van der Waals surface area contributed by atoms with E-state index in [1.54, 1.807) is 11.8 Å². The first-order valence-electron chi connectivity index (χ1n) is 13.5. The van der Waals surface area contributed by atoms with E-state index in [1.807, 2.05) is 24.3 Å². The molecule has 0 bridgehead atoms. The van der Waals surface area contributed by atoms with Crippen LogP contribution in [0.5, 0.6) is 0 Å². The summed E-state index contributed by atoms with van der Waals surface area (Å²) in [5, 5.41) is 5.36. The number of alkyl carbamates (subject to hydrolysis) is 1. The van der Waals surface area contributed by atoms with Gasteiger partial charge in [0.15, 0.2) is 6.29 Å². The van der Waals surface area contributed by atoms with E-state index in [9.17, 15) is 14.4 Å². The zero-order chi connectivity index (χ0) is 28.4. The van der Waals surface area contributed by atoms with Crippen molar-refractivity contribution in [2.24, 2.45) is 5.92 Å². The molecule has 0 fully saturated rings. The maximum Gasteiger partial charge on any atom is 0.407 e. The number of carbonyl (C=O) groups is 3. The van der Waals surface area contributed by atoms with Crippen molar-refractivity contribution >= 4 is 17.9 Å². The quantitative estimate of drug-likeness (QED) is 0.353. The van der Waals surface area contributed by atoms with Crippen molar-refractivity contribution in [3.05, 3.63) is 59.7 Å². The summed E-state index contributed by atoms with van der Waals surface area (Å²) in [4.78, 5) is 39.6. The van der Waals surface area contributed by atoms with Crippen LogP contribution in [-0.2, 0) is 23.8 Å². The molecule has 2 N–H and O–H groups in total. The second-order valence-corrected chi connectivity index (χ2v) is 9.95. The number of amides is 3. The molecule has 1 aliphatic rings. The van der Waals surface area contributed by atoms with E-state index >= 15 is 0 Å². The van der Waals surface area contributed by atoms with Crippen LogP contribution in [0.15, 0.2) is 48.5 Å². The zero-order valence-corrected chi connectivity index (χ0v) is 23.6. The molecule has 9 heteroatoms. The molecule has 9 nitrogen and oxygen atoms in total. The monoisotopic (exact) mass is 539 g/mol. The van der Waals surface area contributed by atoms with Gasteiger partial charge in [-0.2, -0.15) is 0 Å². The number of methoxy groups -OCH3 is 2. The Balaban J connectivity index is 1.45. The van der Waals surface area contributed by atoms with Crippen LogP contribution in [0.1, 0.15) is 50.7 Å². The Labute approximate surface area is 231 Å². The molecule has 1 unspecified atom stereocenters. The third-order valence-electron chi connectivity index (χ3n) is 7.15. The van der Waals surface area contributed by atoms with Crippen LogP contribution in [0.2, 0.25) is 0 Å². The molecular formula is C30H41N3O6. The van der Waals surface area contributed by atoms with Crippen molar-refractivity contribution < 1.29 is 28.6 Å². The first kappa shape index (κ1) is 30.1. The summed E-state index contributed by atoms with van der Waals surface area (Å²) in [6.45, 7) is 6.86. The van der Waals surface area contributed by atoms with Crippen molar-refractivity contribution in [2.75, 3.05) is 40.5 Å². The van der Waals surface area contributed by atoms with E-state index in [2.05, 4.69) is 48.7 Å². The molecule has 2 atom stereocenters. The molecule has 2 aromatic carbocycles. The Bertz CT molecular complexity index is 1070. The first-order chi connectivity index (χ1) is 18.8. The number of ether oxygens (including phenoxy) is 3. The SMILES string of the molecule is CCC(C)CN(CC(OC)OC)C(=O)[C@H](C)NC(=O)CCNC(=O)OCC1c2ccccc2-c2ccccc21. The van der Waals surface area contributed by atoms with Gasteiger partial charge in [0.2, 0.25) is 11.8 Å². The first-order valence-corrected chi connectivity index (χ1v) is 13.5. The summed E-state index contributed by atoms with van der Waals surface area (Å²) in [5.74, 6) is -0.305. The molecule has 3 rings (SSSR count). The van der Waals surface area contributed by atoms with Crippen LogP contribution in [0, 0.1) is 5.92 Å². The van der Waals surface area contributed by atoms with Crippen molar-refractivity contribution in [3.63, 3.8) is 0 Å². The maximum atomic E-state index is 13.1. The van der Waals surface area contributed by atoms with Gasteiger partial charge in [0.25, 0.3) is 0 Å². The summed E-state index contributed by atoms with van der Waals surface area (Å²) in [5.41, 5.74) is 4.58. The largest absolute Gasteiger partial charge is 0.449 e. The Morgan fingerprint density at radius 1 is 0.923 bits per heavy atom. The lowest BCUT2D eigenvalue weighted by atomic mass is 9.98. The molecule has 1 aliphatic carbocycles. The predicted octanol–water partition coefficient (Wildman–Crippen LogP) is 3.91. The molecule has 0 aromatic heterocycles. The second kappa shape index (κ2) is 14.6. The van der Waals surface area contributed by atoms with Gasteiger partial charge in [-0.3, -0.25) is 9.59 Å². The number of hydrogen-bond donors (Lipinski definition) is 2. The van der Waals surface area contributed by atoms with Crippen LogP contribution in [0.4, 0.5) is 4.79 Å². The molecule has 39 heavy (non-hydrogen) atoms. The normalized spacial score (nSPS) is 13.8. The van der Waals surface area contributed by atoms with Gasteiger partial charge in [-0.1, -0.05) is 68.8 Å². The highest BCUT2D eigenvalue weighted by Crippen LogP contribution is 2.44. The minimum atomic E-state index is -0.731. The smallest absolute Gasteiger partial charge is 0.407 e. The molecule has 0 heterocycles. The van der Waals surface area contributed by atoms with E-state index < -0.39 is 18.4 Å². The molecular weight excluding hydrogens is 498 g/mol. The fraction of sp³-hybridized carbons (Fsp3) is 0.500. The van der Waals surface area contributed by atoms with E-state index in [0.717, 1.165) is 28.7 Å². The number of fused-ring (bicyclic) bond motifs is 3. The van der Waals surface area contributed by atoms with Crippen LogP contribution in [0.25, 0.3) is 11.1 Å². The zero-order valence-electron chi connectivity index (χ0n) is 23.6. The molecule has 0 aliphatic heterocycles. The van der Waals surface area contributed by atoms with Crippen molar-refractivity contribution in [1.29, 1.82) is 0 Å².